The smallest absolute Gasteiger partial charge is 0.233 e. The summed E-state index contributed by atoms with van der Waals surface area (Å²) in [7, 11) is 0. The topological polar surface area (TPSA) is 69.7 Å². The highest BCUT2D eigenvalue weighted by atomic mass is 16.2. The number of hydrogen-bond acceptors (Lipinski definition) is 4. The van der Waals surface area contributed by atoms with Gasteiger partial charge in [0.15, 0.2) is 0 Å². The third-order valence-electron chi connectivity index (χ3n) is 6.62. The Morgan fingerprint density at radius 1 is 0.897 bits per heavy atom. The summed E-state index contributed by atoms with van der Waals surface area (Å²) in [5.74, 6) is -0.594. The van der Waals surface area contributed by atoms with Crippen molar-refractivity contribution in [3.8, 4) is 0 Å². The average molecular weight is 398 g/mol. The number of benzene rings is 1. The van der Waals surface area contributed by atoms with Crippen LogP contribution in [0, 0.1) is 11.8 Å². The second-order valence-corrected chi connectivity index (χ2v) is 8.54. The zero-order valence-electron chi connectivity index (χ0n) is 17.1. The van der Waals surface area contributed by atoms with Gasteiger partial charge < -0.3 is 10.2 Å². The molecule has 2 saturated heterocycles. The van der Waals surface area contributed by atoms with Crippen molar-refractivity contribution in [2.24, 2.45) is 11.8 Å². The molecule has 1 aromatic carbocycles. The maximum absolute atomic E-state index is 12.6. The SMILES string of the molecule is O=C(CCN1C(=O)C2CCCCC2C1=O)Nc1ccccc1N1CCCCCC1. The van der Waals surface area contributed by atoms with Gasteiger partial charge >= 0.3 is 0 Å². The maximum atomic E-state index is 12.6. The summed E-state index contributed by atoms with van der Waals surface area (Å²) in [6.07, 6.45) is 8.64. The van der Waals surface area contributed by atoms with Gasteiger partial charge in [-0.05, 0) is 37.8 Å². The van der Waals surface area contributed by atoms with Gasteiger partial charge in [-0.2, -0.15) is 0 Å². The van der Waals surface area contributed by atoms with Gasteiger partial charge in [0.1, 0.15) is 0 Å². The van der Waals surface area contributed by atoms with Crippen molar-refractivity contribution in [1.82, 2.24) is 4.90 Å². The predicted molar refractivity (Wildman–Crippen MR) is 113 cm³/mol. The Hall–Kier alpha value is -2.37. The third kappa shape index (κ3) is 4.31. The number of fused-ring (bicyclic) bond motifs is 1. The molecular formula is C23H31N3O3. The first-order valence-corrected chi connectivity index (χ1v) is 11.1. The molecule has 2 atom stereocenters. The number of nitrogens with zero attached hydrogens (tertiary/aromatic N) is 2. The van der Waals surface area contributed by atoms with Gasteiger partial charge in [0.25, 0.3) is 0 Å². The van der Waals surface area contributed by atoms with Crippen molar-refractivity contribution in [3.05, 3.63) is 24.3 Å². The zero-order chi connectivity index (χ0) is 20.2. The van der Waals surface area contributed by atoms with Crippen LogP contribution in [-0.2, 0) is 14.4 Å². The van der Waals surface area contributed by atoms with Crippen LogP contribution in [0.15, 0.2) is 24.3 Å². The molecule has 2 unspecified atom stereocenters. The summed E-state index contributed by atoms with van der Waals surface area (Å²) < 4.78 is 0. The Balaban J connectivity index is 1.37. The van der Waals surface area contributed by atoms with Gasteiger partial charge in [-0.3, -0.25) is 19.3 Å². The van der Waals surface area contributed by atoms with Gasteiger partial charge in [-0.15, -0.1) is 0 Å². The number of imide groups is 1. The Bertz CT molecular complexity index is 746. The van der Waals surface area contributed by atoms with E-state index in [0.29, 0.717) is 0 Å². The van der Waals surface area contributed by atoms with E-state index in [-0.39, 0.29) is 42.5 Å². The van der Waals surface area contributed by atoms with Crippen LogP contribution >= 0.6 is 0 Å². The van der Waals surface area contributed by atoms with Crippen LogP contribution in [0.1, 0.15) is 57.8 Å². The lowest BCUT2D eigenvalue weighted by molar-refractivity contribution is -0.140. The Kier molecular flexibility index (Phi) is 6.16. The van der Waals surface area contributed by atoms with E-state index in [1.807, 2.05) is 18.2 Å². The van der Waals surface area contributed by atoms with Crippen LogP contribution in [0.3, 0.4) is 0 Å². The average Bonchev–Trinajstić information content (AvgIpc) is 2.91. The van der Waals surface area contributed by atoms with E-state index in [2.05, 4.69) is 16.3 Å². The van der Waals surface area contributed by atoms with E-state index in [1.165, 1.54) is 30.6 Å². The number of rotatable bonds is 5. The van der Waals surface area contributed by atoms with Gasteiger partial charge in [0.05, 0.1) is 23.2 Å². The van der Waals surface area contributed by atoms with Gasteiger partial charge in [0.2, 0.25) is 17.7 Å². The molecule has 0 spiro atoms. The van der Waals surface area contributed by atoms with Gasteiger partial charge in [0, 0.05) is 26.1 Å². The van der Waals surface area contributed by atoms with E-state index in [1.54, 1.807) is 0 Å². The molecule has 3 amide bonds. The second-order valence-electron chi connectivity index (χ2n) is 8.54. The standard InChI is InChI=1S/C23H31N3O3/c27-21(13-16-26-22(28)17-9-3-4-10-18(17)23(26)29)24-19-11-5-6-12-20(19)25-14-7-1-2-8-15-25/h5-6,11-12,17-18H,1-4,7-10,13-16H2,(H,24,27). The monoisotopic (exact) mass is 397 g/mol. The first-order chi connectivity index (χ1) is 14.1. The molecule has 2 heterocycles. The largest absolute Gasteiger partial charge is 0.370 e. The number of nitrogens with one attached hydrogen (secondary N) is 1. The Morgan fingerprint density at radius 3 is 2.17 bits per heavy atom. The number of anilines is 2. The van der Waals surface area contributed by atoms with Crippen molar-refractivity contribution in [1.29, 1.82) is 0 Å². The van der Waals surface area contributed by atoms with Gasteiger partial charge in [-0.25, -0.2) is 0 Å². The zero-order valence-corrected chi connectivity index (χ0v) is 17.1. The molecule has 29 heavy (non-hydrogen) atoms. The van der Waals surface area contributed by atoms with E-state index < -0.39 is 0 Å². The fraction of sp³-hybridized carbons (Fsp3) is 0.609. The second kappa shape index (κ2) is 8.97. The van der Waals surface area contributed by atoms with Crippen molar-refractivity contribution in [2.45, 2.75) is 57.8 Å². The lowest BCUT2D eigenvalue weighted by Gasteiger charge is -2.25. The van der Waals surface area contributed by atoms with Crippen LogP contribution in [0.2, 0.25) is 0 Å². The summed E-state index contributed by atoms with van der Waals surface area (Å²) in [4.78, 5) is 41.5. The molecule has 3 fully saturated rings. The number of para-hydroxylation sites is 2. The highest BCUT2D eigenvalue weighted by molar-refractivity contribution is 6.05. The quantitative estimate of drug-likeness (QED) is 0.771. The van der Waals surface area contributed by atoms with E-state index >= 15 is 0 Å². The molecule has 3 aliphatic rings. The Morgan fingerprint density at radius 2 is 1.52 bits per heavy atom. The summed E-state index contributed by atoms with van der Waals surface area (Å²) in [6.45, 7) is 2.20. The fourth-order valence-corrected chi connectivity index (χ4v) is 5.04. The van der Waals surface area contributed by atoms with E-state index in [0.717, 1.165) is 50.1 Å². The minimum atomic E-state index is -0.150. The minimum Gasteiger partial charge on any atom is -0.370 e. The molecule has 6 nitrogen and oxygen atoms in total. The molecule has 6 heteroatoms. The molecule has 1 saturated carbocycles. The van der Waals surface area contributed by atoms with Crippen LogP contribution in [0.4, 0.5) is 11.4 Å². The summed E-state index contributed by atoms with van der Waals surface area (Å²) in [6, 6.07) is 7.91. The van der Waals surface area contributed by atoms with Crippen LogP contribution in [-0.4, -0.2) is 42.3 Å². The Labute approximate surface area is 172 Å². The first-order valence-electron chi connectivity index (χ1n) is 11.1. The highest BCUT2D eigenvalue weighted by Gasteiger charge is 2.47. The van der Waals surface area contributed by atoms with Crippen LogP contribution in [0.5, 0.6) is 0 Å². The molecule has 4 rings (SSSR count). The first kappa shape index (κ1) is 19.9. The third-order valence-corrected chi connectivity index (χ3v) is 6.62. The predicted octanol–water partition coefficient (Wildman–Crippen LogP) is 3.57. The number of carbonyl (C=O) groups excluding carboxylic acids is 3. The summed E-state index contributed by atoms with van der Waals surface area (Å²) in [5, 5.41) is 3.01. The van der Waals surface area contributed by atoms with Crippen molar-refractivity contribution >= 4 is 29.1 Å². The summed E-state index contributed by atoms with van der Waals surface area (Å²) in [5.41, 5.74) is 1.87. The molecule has 2 aliphatic heterocycles. The molecule has 1 aliphatic carbocycles. The fourth-order valence-electron chi connectivity index (χ4n) is 5.04. The van der Waals surface area contributed by atoms with E-state index in [9.17, 15) is 14.4 Å². The lowest BCUT2D eigenvalue weighted by atomic mass is 9.81. The molecule has 1 aromatic rings. The van der Waals surface area contributed by atoms with Crippen LogP contribution < -0.4 is 10.2 Å². The lowest BCUT2D eigenvalue weighted by Crippen LogP contribution is -2.34. The molecule has 0 aromatic heterocycles. The number of hydrogen-bond donors (Lipinski definition) is 1. The normalized spacial score (nSPS) is 25.0. The minimum absolute atomic E-state index is 0.0718. The molecule has 156 valence electrons. The molecule has 1 N–H and O–H groups in total. The number of likely N-dealkylation sites (tertiary alicyclic amines) is 1. The number of carbonyl (C=O) groups is 3. The van der Waals surface area contributed by atoms with E-state index in [4.69, 9.17) is 0 Å². The van der Waals surface area contributed by atoms with Crippen molar-refractivity contribution < 1.29 is 14.4 Å². The highest BCUT2D eigenvalue weighted by Crippen LogP contribution is 2.38. The van der Waals surface area contributed by atoms with Gasteiger partial charge in [-0.1, -0.05) is 37.8 Å². The van der Waals surface area contributed by atoms with Crippen molar-refractivity contribution in [3.63, 3.8) is 0 Å². The van der Waals surface area contributed by atoms with Crippen molar-refractivity contribution in [2.75, 3.05) is 29.9 Å². The molecule has 0 radical (unpaired) electrons. The number of amides is 3. The maximum Gasteiger partial charge on any atom is 0.233 e. The molecule has 0 bridgehead atoms. The van der Waals surface area contributed by atoms with Crippen LogP contribution in [0.25, 0.3) is 0 Å². The summed E-state index contributed by atoms with van der Waals surface area (Å²) >= 11 is 0. The molecular weight excluding hydrogens is 366 g/mol.